The molecule has 1 fully saturated rings. The summed E-state index contributed by atoms with van der Waals surface area (Å²) in [4.78, 5) is 14.0. The number of aromatic hydroxyl groups is 1. The monoisotopic (exact) mass is 395 g/mol. The number of hydrogen-bond donors (Lipinski definition) is 1. The van der Waals surface area contributed by atoms with Crippen LogP contribution < -0.4 is 4.90 Å². The van der Waals surface area contributed by atoms with Gasteiger partial charge in [0.1, 0.15) is 5.75 Å². The molecule has 1 heterocycles. The average Bonchev–Trinajstić information content (AvgIpc) is 2.84. The van der Waals surface area contributed by atoms with Crippen molar-refractivity contribution in [1.82, 2.24) is 0 Å². The number of thiocarbonyl (C=S) groups is 1. The maximum Gasteiger partial charge on any atom is 0.416 e. The summed E-state index contributed by atoms with van der Waals surface area (Å²) in [7, 11) is 0. The van der Waals surface area contributed by atoms with Gasteiger partial charge in [-0.1, -0.05) is 36.1 Å². The van der Waals surface area contributed by atoms with Gasteiger partial charge in [0.2, 0.25) is 0 Å². The molecule has 0 aromatic heterocycles. The zero-order valence-electron chi connectivity index (χ0n) is 13.4. The third-order valence-electron chi connectivity index (χ3n) is 3.74. The van der Waals surface area contributed by atoms with Gasteiger partial charge in [-0.05, 0) is 54.5 Å². The lowest BCUT2D eigenvalue weighted by atomic mass is 10.1. The molecule has 2 aromatic carbocycles. The Labute approximate surface area is 157 Å². The fourth-order valence-electron chi connectivity index (χ4n) is 2.43. The van der Waals surface area contributed by atoms with Crippen LogP contribution in [0.3, 0.4) is 0 Å². The van der Waals surface area contributed by atoms with E-state index in [0.717, 1.165) is 28.8 Å². The summed E-state index contributed by atoms with van der Waals surface area (Å²) in [6, 6.07) is 9.34. The lowest BCUT2D eigenvalue weighted by molar-refractivity contribution is -0.137. The van der Waals surface area contributed by atoms with Crippen molar-refractivity contribution < 1.29 is 23.1 Å². The van der Waals surface area contributed by atoms with Crippen LogP contribution in [0.4, 0.5) is 18.9 Å². The van der Waals surface area contributed by atoms with Gasteiger partial charge < -0.3 is 5.11 Å². The van der Waals surface area contributed by atoms with E-state index in [1.54, 1.807) is 25.1 Å². The number of aryl methyl sites for hydroxylation is 1. The van der Waals surface area contributed by atoms with Crippen molar-refractivity contribution >= 4 is 46.0 Å². The molecule has 0 unspecified atom stereocenters. The number of rotatable bonds is 2. The van der Waals surface area contributed by atoms with Crippen molar-refractivity contribution in [2.75, 3.05) is 4.90 Å². The molecule has 0 atom stereocenters. The second-order valence-corrected chi connectivity index (χ2v) is 7.29. The minimum atomic E-state index is -4.50. The zero-order valence-corrected chi connectivity index (χ0v) is 15.0. The van der Waals surface area contributed by atoms with E-state index in [4.69, 9.17) is 12.2 Å². The summed E-state index contributed by atoms with van der Waals surface area (Å²) >= 11 is 6.20. The number of amides is 1. The third-order valence-corrected chi connectivity index (χ3v) is 5.05. The Balaban J connectivity index is 1.94. The van der Waals surface area contributed by atoms with Gasteiger partial charge in [-0.15, -0.1) is 0 Å². The number of carbonyl (C=O) groups is 1. The van der Waals surface area contributed by atoms with E-state index in [-0.39, 0.29) is 15.8 Å². The Hall–Kier alpha value is -2.32. The van der Waals surface area contributed by atoms with Gasteiger partial charge in [0.25, 0.3) is 5.91 Å². The van der Waals surface area contributed by atoms with Gasteiger partial charge in [0, 0.05) is 0 Å². The van der Waals surface area contributed by atoms with Crippen LogP contribution in [-0.4, -0.2) is 15.3 Å². The molecular formula is C18H12F3NO2S2. The third kappa shape index (κ3) is 3.61. The number of anilines is 1. The molecule has 0 aliphatic carbocycles. The number of phenols is 1. The first-order chi connectivity index (χ1) is 12.2. The molecule has 3 rings (SSSR count). The Morgan fingerprint density at radius 1 is 1.19 bits per heavy atom. The number of hydrogen-bond acceptors (Lipinski definition) is 4. The second kappa shape index (κ2) is 6.77. The minimum absolute atomic E-state index is 0.0765. The van der Waals surface area contributed by atoms with E-state index in [2.05, 4.69) is 0 Å². The summed E-state index contributed by atoms with van der Waals surface area (Å²) in [6.45, 7) is 1.72. The number of nitrogens with zero attached hydrogens (tertiary/aromatic N) is 1. The van der Waals surface area contributed by atoms with Gasteiger partial charge in [0.15, 0.2) is 4.32 Å². The number of carbonyl (C=O) groups excluding carboxylic acids is 1. The van der Waals surface area contributed by atoms with Crippen LogP contribution >= 0.6 is 24.0 Å². The second-order valence-electron chi connectivity index (χ2n) is 5.61. The van der Waals surface area contributed by atoms with Crippen molar-refractivity contribution in [1.29, 1.82) is 0 Å². The number of halogens is 3. The highest BCUT2D eigenvalue weighted by atomic mass is 32.2. The van der Waals surface area contributed by atoms with Gasteiger partial charge in [-0.2, -0.15) is 13.2 Å². The Morgan fingerprint density at radius 2 is 1.92 bits per heavy atom. The molecule has 1 aliphatic heterocycles. The van der Waals surface area contributed by atoms with Crippen LogP contribution in [0.1, 0.15) is 16.7 Å². The van der Waals surface area contributed by atoms with Gasteiger partial charge in [-0.3, -0.25) is 9.69 Å². The number of thioether (sulfide) groups is 1. The lowest BCUT2D eigenvalue weighted by Crippen LogP contribution is -2.27. The molecule has 26 heavy (non-hydrogen) atoms. The normalized spacial score (nSPS) is 16.6. The van der Waals surface area contributed by atoms with Crippen LogP contribution in [0.5, 0.6) is 5.75 Å². The van der Waals surface area contributed by atoms with Crippen molar-refractivity contribution in [3.8, 4) is 5.75 Å². The summed E-state index contributed by atoms with van der Waals surface area (Å²) in [5.41, 5.74) is 0.562. The number of alkyl halides is 3. The first-order valence-corrected chi connectivity index (χ1v) is 8.64. The molecule has 134 valence electrons. The average molecular weight is 395 g/mol. The largest absolute Gasteiger partial charge is 0.508 e. The maximum atomic E-state index is 12.9. The minimum Gasteiger partial charge on any atom is -0.508 e. The first-order valence-electron chi connectivity index (χ1n) is 7.41. The Bertz CT molecular complexity index is 938. The zero-order chi connectivity index (χ0) is 19.1. The molecule has 0 spiro atoms. The molecule has 2 aromatic rings. The SMILES string of the molecule is Cc1cc(/C=C2\SC(=S)N(c3cccc(C(F)(F)F)c3)C2=O)ccc1O. The van der Waals surface area contributed by atoms with E-state index in [9.17, 15) is 23.1 Å². The van der Waals surface area contributed by atoms with Crippen molar-refractivity contribution in [2.45, 2.75) is 13.1 Å². The predicted octanol–water partition coefficient (Wildman–Crippen LogP) is 5.13. The van der Waals surface area contributed by atoms with Gasteiger partial charge >= 0.3 is 6.18 Å². The lowest BCUT2D eigenvalue weighted by Gasteiger charge is -2.16. The van der Waals surface area contributed by atoms with Crippen LogP contribution in [-0.2, 0) is 11.0 Å². The van der Waals surface area contributed by atoms with Crippen molar-refractivity contribution in [2.24, 2.45) is 0 Å². The van der Waals surface area contributed by atoms with Gasteiger partial charge in [-0.25, -0.2) is 0 Å². The highest BCUT2D eigenvalue weighted by Gasteiger charge is 2.36. The van der Waals surface area contributed by atoms with E-state index in [0.29, 0.717) is 16.0 Å². The smallest absolute Gasteiger partial charge is 0.416 e. The summed E-state index contributed by atoms with van der Waals surface area (Å²) < 4.78 is 38.9. The quantitative estimate of drug-likeness (QED) is 0.566. The molecule has 1 amide bonds. The first kappa shape index (κ1) is 18.5. The molecule has 3 nitrogen and oxygen atoms in total. The topological polar surface area (TPSA) is 40.5 Å². The Kier molecular flexibility index (Phi) is 4.81. The summed E-state index contributed by atoms with van der Waals surface area (Å²) in [5, 5.41) is 9.57. The molecule has 1 saturated heterocycles. The van der Waals surface area contributed by atoms with Crippen molar-refractivity contribution in [3.63, 3.8) is 0 Å². The van der Waals surface area contributed by atoms with Gasteiger partial charge in [0.05, 0.1) is 16.2 Å². The highest BCUT2D eigenvalue weighted by Crippen LogP contribution is 2.38. The van der Waals surface area contributed by atoms with Crippen LogP contribution in [0, 0.1) is 6.92 Å². The van der Waals surface area contributed by atoms with Crippen molar-refractivity contribution in [3.05, 3.63) is 64.1 Å². The van der Waals surface area contributed by atoms with Crippen LogP contribution in [0.25, 0.3) is 6.08 Å². The Morgan fingerprint density at radius 3 is 2.58 bits per heavy atom. The fourth-order valence-corrected chi connectivity index (χ4v) is 3.73. The van der Waals surface area contributed by atoms with E-state index in [1.165, 1.54) is 18.2 Å². The summed E-state index contributed by atoms with van der Waals surface area (Å²) in [6.07, 6.45) is -2.91. The number of benzene rings is 2. The molecule has 0 saturated carbocycles. The number of phenolic OH excluding ortho intramolecular Hbond substituents is 1. The van der Waals surface area contributed by atoms with Crippen LogP contribution in [0.2, 0.25) is 0 Å². The fraction of sp³-hybridized carbons (Fsp3) is 0.111. The molecule has 1 N–H and O–H groups in total. The molecule has 1 aliphatic rings. The standard InChI is InChI=1S/C18H12F3NO2S2/c1-10-7-11(5-6-14(10)23)8-15-16(24)22(17(25)26-15)13-4-2-3-12(9-13)18(19,20)21/h2-9,23H,1H3/b15-8-. The highest BCUT2D eigenvalue weighted by molar-refractivity contribution is 8.27. The van der Waals surface area contributed by atoms with E-state index in [1.807, 2.05) is 0 Å². The van der Waals surface area contributed by atoms with E-state index < -0.39 is 17.6 Å². The molecule has 8 heteroatoms. The maximum absolute atomic E-state index is 12.9. The molecule has 0 radical (unpaired) electrons. The summed E-state index contributed by atoms with van der Waals surface area (Å²) in [5.74, 6) is -0.344. The van der Waals surface area contributed by atoms with E-state index >= 15 is 0 Å². The molecule has 0 bridgehead atoms. The molecular weight excluding hydrogens is 383 g/mol. The van der Waals surface area contributed by atoms with Crippen LogP contribution in [0.15, 0.2) is 47.4 Å². The predicted molar refractivity (Wildman–Crippen MR) is 99.9 cm³/mol.